The van der Waals surface area contributed by atoms with Crippen LogP contribution in [0, 0.1) is 0 Å². The summed E-state index contributed by atoms with van der Waals surface area (Å²) in [5.41, 5.74) is 6.15. The molecule has 0 amide bonds. The molecule has 4 N–H and O–H groups in total. The fourth-order valence-corrected chi connectivity index (χ4v) is 0.963. The molecule has 0 saturated heterocycles. The van der Waals surface area contributed by atoms with E-state index in [0.717, 1.165) is 25.2 Å². The summed E-state index contributed by atoms with van der Waals surface area (Å²) >= 11 is 0. The van der Waals surface area contributed by atoms with Crippen LogP contribution in [0.25, 0.3) is 0 Å². The van der Waals surface area contributed by atoms with Gasteiger partial charge in [0.2, 0.25) is 0 Å². The van der Waals surface area contributed by atoms with E-state index in [-0.39, 0.29) is 6.61 Å². The molecular formula is C9H15N3O. The summed E-state index contributed by atoms with van der Waals surface area (Å²) in [7, 11) is 0. The fraction of sp³-hybridized carbons (Fsp3) is 0.444. The number of aliphatic hydroxyl groups excluding tert-OH is 1. The van der Waals surface area contributed by atoms with E-state index in [1.165, 1.54) is 0 Å². The first-order valence-corrected chi connectivity index (χ1v) is 4.39. The first kappa shape index (κ1) is 9.80. The number of anilines is 2. The topological polar surface area (TPSA) is 71.2 Å². The van der Waals surface area contributed by atoms with E-state index < -0.39 is 0 Å². The number of rotatable bonds is 5. The predicted molar refractivity (Wildman–Crippen MR) is 53.5 cm³/mol. The summed E-state index contributed by atoms with van der Waals surface area (Å²) < 4.78 is 0. The minimum atomic E-state index is 0.247. The van der Waals surface area contributed by atoms with Crippen molar-refractivity contribution >= 4 is 11.5 Å². The van der Waals surface area contributed by atoms with Gasteiger partial charge in [-0.1, -0.05) is 0 Å². The molecule has 1 aromatic heterocycles. The van der Waals surface area contributed by atoms with Gasteiger partial charge in [0, 0.05) is 13.2 Å². The maximum absolute atomic E-state index is 8.54. The Kier molecular flexibility index (Phi) is 4.05. The van der Waals surface area contributed by atoms with E-state index in [9.17, 15) is 0 Å². The van der Waals surface area contributed by atoms with Crippen LogP contribution in [0.4, 0.5) is 11.5 Å². The monoisotopic (exact) mass is 181 g/mol. The molecule has 0 aliphatic heterocycles. The van der Waals surface area contributed by atoms with E-state index in [4.69, 9.17) is 10.8 Å². The molecule has 1 aromatic rings. The second-order valence-corrected chi connectivity index (χ2v) is 2.83. The minimum Gasteiger partial charge on any atom is -0.397 e. The van der Waals surface area contributed by atoms with Crippen LogP contribution in [-0.2, 0) is 0 Å². The number of hydrogen-bond acceptors (Lipinski definition) is 4. The first-order valence-electron chi connectivity index (χ1n) is 4.39. The Bertz CT molecular complexity index is 235. The molecule has 0 aliphatic rings. The Balaban J connectivity index is 2.25. The molecule has 13 heavy (non-hydrogen) atoms. The highest BCUT2D eigenvalue weighted by molar-refractivity contribution is 5.43. The molecule has 0 bridgehead atoms. The highest BCUT2D eigenvalue weighted by Gasteiger charge is 1.91. The van der Waals surface area contributed by atoms with Crippen molar-refractivity contribution in [2.24, 2.45) is 0 Å². The van der Waals surface area contributed by atoms with Crippen LogP contribution in [0.15, 0.2) is 18.3 Å². The zero-order chi connectivity index (χ0) is 9.52. The number of nitrogens with one attached hydrogen (secondary N) is 1. The molecule has 0 aliphatic carbocycles. The molecule has 0 saturated carbocycles. The summed E-state index contributed by atoms with van der Waals surface area (Å²) in [6, 6.07) is 3.65. The molecule has 0 radical (unpaired) electrons. The van der Waals surface area contributed by atoms with Gasteiger partial charge in [-0.05, 0) is 25.0 Å². The van der Waals surface area contributed by atoms with Crippen molar-refractivity contribution in [2.75, 3.05) is 24.2 Å². The zero-order valence-electron chi connectivity index (χ0n) is 7.53. The van der Waals surface area contributed by atoms with Crippen LogP contribution < -0.4 is 11.1 Å². The van der Waals surface area contributed by atoms with E-state index in [1.807, 2.05) is 6.07 Å². The fourth-order valence-electron chi connectivity index (χ4n) is 0.963. The summed E-state index contributed by atoms with van der Waals surface area (Å²) in [5, 5.41) is 11.7. The van der Waals surface area contributed by atoms with Crippen molar-refractivity contribution in [1.29, 1.82) is 0 Å². The molecule has 1 rings (SSSR count). The average molecular weight is 181 g/mol. The van der Waals surface area contributed by atoms with Crippen LogP contribution in [0.1, 0.15) is 12.8 Å². The number of nitrogens with zero attached hydrogens (tertiary/aromatic N) is 1. The molecule has 0 atom stereocenters. The lowest BCUT2D eigenvalue weighted by Gasteiger charge is -2.04. The third kappa shape index (κ3) is 3.75. The van der Waals surface area contributed by atoms with Crippen molar-refractivity contribution in [1.82, 2.24) is 4.98 Å². The van der Waals surface area contributed by atoms with Crippen LogP contribution in [0.2, 0.25) is 0 Å². The Hall–Kier alpha value is -1.29. The lowest BCUT2D eigenvalue weighted by molar-refractivity contribution is 0.286. The first-order chi connectivity index (χ1) is 6.33. The number of nitrogen functional groups attached to an aromatic ring is 1. The van der Waals surface area contributed by atoms with Gasteiger partial charge in [-0.3, -0.25) is 0 Å². The maximum Gasteiger partial charge on any atom is 0.126 e. The standard InChI is InChI=1S/C9H15N3O/c10-8-3-4-9(12-7-8)11-5-1-2-6-13/h3-4,7,13H,1-2,5-6,10H2,(H,11,12). The summed E-state index contributed by atoms with van der Waals surface area (Å²) in [6.45, 7) is 1.08. The van der Waals surface area contributed by atoms with Crippen molar-refractivity contribution in [3.05, 3.63) is 18.3 Å². The largest absolute Gasteiger partial charge is 0.397 e. The average Bonchev–Trinajstić information content (AvgIpc) is 2.15. The summed E-state index contributed by atoms with van der Waals surface area (Å²) in [5.74, 6) is 0.826. The second kappa shape index (κ2) is 5.37. The molecule has 72 valence electrons. The van der Waals surface area contributed by atoms with Gasteiger partial charge < -0.3 is 16.2 Å². The molecule has 0 spiro atoms. The van der Waals surface area contributed by atoms with Crippen molar-refractivity contribution in [3.63, 3.8) is 0 Å². The van der Waals surface area contributed by atoms with Gasteiger partial charge >= 0.3 is 0 Å². The van der Waals surface area contributed by atoms with E-state index in [1.54, 1.807) is 12.3 Å². The number of aromatic nitrogens is 1. The van der Waals surface area contributed by atoms with E-state index in [0.29, 0.717) is 5.69 Å². The molecule has 4 nitrogen and oxygen atoms in total. The van der Waals surface area contributed by atoms with Crippen LogP contribution in [0.5, 0.6) is 0 Å². The van der Waals surface area contributed by atoms with Gasteiger partial charge in [-0.25, -0.2) is 4.98 Å². The van der Waals surface area contributed by atoms with Gasteiger partial charge in [-0.2, -0.15) is 0 Å². The third-order valence-corrected chi connectivity index (χ3v) is 1.68. The molecule has 0 aromatic carbocycles. The SMILES string of the molecule is Nc1ccc(NCCCCO)nc1. The van der Waals surface area contributed by atoms with E-state index in [2.05, 4.69) is 10.3 Å². The lowest BCUT2D eigenvalue weighted by Crippen LogP contribution is -2.03. The number of unbranched alkanes of at least 4 members (excludes halogenated alkanes) is 1. The smallest absolute Gasteiger partial charge is 0.126 e. The molecule has 0 unspecified atom stereocenters. The van der Waals surface area contributed by atoms with Crippen LogP contribution >= 0.6 is 0 Å². The Morgan fingerprint density at radius 1 is 1.38 bits per heavy atom. The number of hydrogen-bond donors (Lipinski definition) is 3. The quantitative estimate of drug-likeness (QED) is 0.589. The predicted octanol–water partition coefficient (Wildman–Crippen LogP) is 0.848. The lowest BCUT2D eigenvalue weighted by atomic mass is 10.3. The Labute approximate surface area is 77.8 Å². The number of nitrogens with two attached hydrogens (primary N) is 1. The van der Waals surface area contributed by atoms with Crippen LogP contribution in [-0.4, -0.2) is 23.2 Å². The Morgan fingerprint density at radius 2 is 2.23 bits per heavy atom. The minimum absolute atomic E-state index is 0.247. The van der Waals surface area contributed by atoms with Gasteiger partial charge in [0.15, 0.2) is 0 Å². The summed E-state index contributed by atoms with van der Waals surface area (Å²) in [4.78, 5) is 4.08. The second-order valence-electron chi connectivity index (χ2n) is 2.83. The summed E-state index contributed by atoms with van der Waals surface area (Å²) in [6.07, 6.45) is 3.39. The van der Waals surface area contributed by atoms with Gasteiger partial charge in [0.25, 0.3) is 0 Å². The van der Waals surface area contributed by atoms with Crippen molar-refractivity contribution in [2.45, 2.75) is 12.8 Å². The van der Waals surface area contributed by atoms with E-state index >= 15 is 0 Å². The normalized spacial score (nSPS) is 9.92. The highest BCUT2D eigenvalue weighted by atomic mass is 16.2. The third-order valence-electron chi connectivity index (χ3n) is 1.68. The van der Waals surface area contributed by atoms with Gasteiger partial charge in [-0.15, -0.1) is 0 Å². The Morgan fingerprint density at radius 3 is 2.85 bits per heavy atom. The molecule has 1 heterocycles. The highest BCUT2D eigenvalue weighted by Crippen LogP contribution is 2.05. The maximum atomic E-state index is 8.54. The van der Waals surface area contributed by atoms with Crippen LogP contribution in [0.3, 0.4) is 0 Å². The van der Waals surface area contributed by atoms with Crippen molar-refractivity contribution < 1.29 is 5.11 Å². The zero-order valence-corrected chi connectivity index (χ0v) is 7.53. The molecule has 0 fully saturated rings. The van der Waals surface area contributed by atoms with Crippen molar-refractivity contribution in [3.8, 4) is 0 Å². The molecular weight excluding hydrogens is 166 g/mol. The molecule has 4 heteroatoms. The van der Waals surface area contributed by atoms with Gasteiger partial charge in [0.1, 0.15) is 5.82 Å². The number of aliphatic hydroxyl groups is 1. The van der Waals surface area contributed by atoms with Gasteiger partial charge in [0.05, 0.1) is 11.9 Å². The number of pyridine rings is 1.